The third kappa shape index (κ3) is 4.86. The molecular formula is C30H36Cl2N2O2. The van der Waals surface area contributed by atoms with Crippen molar-refractivity contribution in [3.05, 3.63) is 82.4 Å². The fraction of sp³-hybridized carbons (Fsp3) is 0.500. The number of ether oxygens (including phenoxy) is 1. The molecule has 0 saturated carbocycles. The van der Waals surface area contributed by atoms with Crippen LogP contribution in [-0.4, -0.2) is 53.6 Å². The maximum atomic E-state index is 14.4. The SMILES string of the molecule is C=CC[C@@]1(C)CC(c2cccc(Cl)c2)[C@@H](c2ccc(Cl)cc2)N(C(CC)CN2C[C@H]3C[C@@H]2CO3)C1=O. The fourth-order valence-electron chi connectivity index (χ4n) is 6.68. The van der Waals surface area contributed by atoms with Gasteiger partial charge in [-0.15, -0.1) is 6.58 Å². The first-order chi connectivity index (χ1) is 17.3. The van der Waals surface area contributed by atoms with E-state index in [9.17, 15) is 4.79 Å². The van der Waals surface area contributed by atoms with Gasteiger partial charge in [-0.25, -0.2) is 0 Å². The van der Waals surface area contributed by atoms with Crippen molar-refractivity contribution < 1.29 is 9.53 Å². The number of allylic oxidation sites excluding steroid dienone is 1. The van der Waals surface area contributed by atoms with E-state index in [0.717, 1.165) is 49.5 Å². The smallest absolute Gasteiger partial charge is 0.229 e. The van der Waals surface area contributed by atoms with Gasteiger partial charge in [-0.3, -0.25) is 9.69 Å². The van der Waals surface area contributed by atoms with Crippen molar-refractivity contribution in [1.29, 1.82) is 0 Å². The van der Waals surface area contributed by atoms with Gasteiger partial charge in [-0.2, -0.15) is 0 Å². The van der Waals surface area contributed by atoms with E-state index >= 15 is 0 Å². The van der Waals surface area contributed by atoms with Crippen LogP contribution in [0.3, 0.4) is 0 Å². The number of rotatable bonds is 8. The zero-order chi connectivity index (χ0) is 25.4. The summed E-state index contributed by atoms with van der Waals surface area (Å²) >= 11 is 12.8. The predicted octanol–water partition coefficient (Wildman–Crippen LogP) is 6.88. The fourth-order valence-corrected chi connectivity index (χ4v) is 7.00. The maximum absolute atomic E-state index is 14.4. The average Bonchev–Trinajstić information content (AvgIpc) is 3.49. The summed E-state index contributed by atoms with van der Waals surface area (Å²) in [5, 5.41) is 1.42. The second-order valence-electron chi connectivity index (χ2n) is 11.0. The molecule has 2 bridgehead atoms. The number of hydrogen-bond acceptors (Lipinski definition) is 3. The summed E-state index contributed by atoms with van der Waals surface area (Å²) in [6.45, 7) is 10.9. The summed E-state index contributed by atoms with van der Waals surface area (Å²) in [6.07, 6.45) is 5.60. The zero-order valence-corrected chi connectivity index (χ0v) is 22.7. The molecule has 3 heterocycles. The zero-order valence-electron chi connectivity index (χ0n) is 21.2. The second-order valence-corrected chi connectivity index (χ2v) is 11.9. The van der Waals surface area contributed by atoms with Gasteiger partial charge in [0.25, 0.3) is 0 Å². The van der Waals surface area contributed by atoms with Gasteiger partial charge in [0.2, 0.25) is 5.91 Å². The molecule has 5 rings (SSSR count). The Bertz CT molecular complexity index is 1110. The highest BCUT2D eigenvalue weighted by molar-refractivity contribution is 6.30. The highest BCUT2D eigenvalue weighted by Crippen LogP contribution is 2.52. The van der Waals surface area contributed by atoms with Gasteiger partial charge in [-0.05, 0) is 61.1 Å². The number of benzene rings is 2. The molecule has 1 amide bonds. The molecule has 0 spiro atoms. The normalized spacial score (nSPS) is 31.1. The molecule has 192 valence electrons. The monoisotopic (exact) mass is 526 g/mol. The van der Waals surface area contributed by atoms with Crippen LogP contribution in [0.1, 0.15) is 62.6 Å². The molecule has 4 nitrogen and oxygen atoms in total. The van der Waals surface area contributed by atoms with Crippen LogP contribution >= 0.6 is 23.2 Å². The molecule has 2 aromatic carbocycles. The molecule has 2 aromatic rings. The summed E-state index contributed by atoms with van der Waals surface area (Å²) in [6, 6.07) is 16.6. The number of piperidine rings is 1. The molecule has 0 N–H and O–H groups in total. The van der Waals surface area contributed by atoms with Crippen molar-refractivity contribution in [2.45, 2.75) is 69.7 Å². The minimum Gasteiger partial charge on any atom is -0.375 e. The van der Waals surface area contributed by atoms with E-state index in [2.05, 4.69) is 54.5 Å². The number of hydrogen-bond donors (Lipinski definition) is 0. The first-order valence-corrected chi connectivity index (χ1v) is 13.9. The molecule has 0 aliphatic carbocycles. The largest absolute Gasteiger partial charge is 0.375 e. The molecule has 0 radical (unpaired) electrons. The summed E-state index contributed by atoms with van der Waals surface area (Å²) < 4.78 is 5.86. The third-order valence-corrected chi connectivity index (χ3v) is 9.00. The Hall–Kier alpha value is -1.85. The van der Waals surface area contributed by atoms with Gasteiger partial charge < -0.3 is 9.64 Å². The number of amides is 1. The van der Waals surface area contributed by atoms with Crippen molar-refractivity contribution in [3.8, 4) is 0 Å². The van der Waals surface area contributed by atoms with E-state index in [1.165, 1.54) is 5.56 Å². The average molecular weight is 528 g/mol. The predicted molar refractivity (Wildman–Crippen MR) is 147 cm³/mol. The van der Waals surface area contributed by atoms with Crippen LogP contribution in [0.5, 0.6) is 0 Å². The number of fused-ring (bicyclic) bond motifs is 2. The lowest BCUT2D eigenvalue weighted by Crippen LogP contribution is -2.58. The van der Waals surface area contributed by atoms with Crippen molar-refractivity contribution in [2.75, 3.05) is 19.7 Å². The van der Waals surface area contributed by atoms with E-state index in [1.54, 1.807) is 0 Å². The second kappa shape index (κ2) is 10.5. The van der Waals surface area contributed by atoms with E-state index in [-0.39, 0.29) is 23.9 Å². The Labute approximate surface area is 225 Å². The highest BCUT2D eigenvalue weighted by Gasteiger charge is 2.51. The van der Waals surface area contributed by atoms with Crippen LogP contribution in [0.25, 0.3) is 0 Å². The Balaban J connectivity index is 1.60. The summed E-state index contributed by atoms with van der Waals surface area (Å²) in [4.78, 5) is 19.2. The van der Waals surface area contributed by atoms with Gasteiger partial charge >= 0.3 is 0 Å². The topological polar surface area (TPSA) is 32.8 Å². The minimum absolute atomic E-state index is 0.0867. The van der Waals surface area contributed by atoms with E-state index in [1.807, 2.05) is 30.3 Å². The Morgan fingerprint density at radius 2 is 1.94 bits per heavy atom. The molecule has 6 atom stereocenters. The molecule has 2 unspecified atom stereocenters. The lowest BCUT2D eigenvalue weighted by Gasteiger charge is -2.52. The molecule has 3 aliphatic heterocycles. The van der Waals surface area contributed by atoms with Crippen LogP contribution in [0.4, 0.5) is 0 Å². The molecule has 3 saturated heterocycles. The first kappa shape index (κ1) is 25.8. The van der Waals surface area contributed by atoms with Crippen molar-refractivity contribution in [2.24, 2.45) is 5.41 Å². The van der Waals surface area contributed by atoms with Gasteiger partial charge in [0.1, 0.15) is 0 Å². The van der Waals surface area contributed by atoms with Gasteiger partial charge in [-0.1, -0.05) is 67.4 Å². The van der Waals surface area contributed by atoms with Crippen LogP contribution < -0.4 is 0 Å². The number of morpholine rings is 1. The number of likely N-dealkylation sites (tertiary alicyclic amines) is 2. The van der Waals surface area contributed by atoms with Gasteiger partial charge in [0.15, 0.2) is 0 Å². The Kier molecular flexibility index (Phi) is 7.51. The summed E-state index contributed by atoms with van der Waals surface area (Å²) in [5.74, 6) is 0.313. The van der Waals surface area contributed by atoms with Crippen LogP contribution in [0, 0.1) is 5.41 Å². The standard InChI is InChI=1S/C30H36Cl2N2O2/c1-4-13-30(3)16-27(21-7-6-8-23(32)14-21)28(20-9-11-22(31)12-10-20)34(29(30)35)24(5-2)17-33-18-26-15-25(33)19-36-26/h4,6-12,14,24-28H,1,5,13,15-19H2,2-3H3/t24?,25-,26-,27?,28-,30+/m1/s1. The molecule has 0 aromatic heterocycles. The van der Waals surface area contributed by atoms with E-state index < -0.39 is 5.41 Å². The van der Waals surface area contributed by atoms with Crippen LogP contribution in [0.15, 0.2) is 61.2 Å². The Morgan fingerprint density at radius 1 is 1.17 bits per heavy atom. The highest BCUT2D eigenvalue weighted by atomic mass is 35.5. The lowest BCUT2D eigenvalue weighted by molar-refractivity contribution is -0.155. The van der Waals surface area contributed by atoms with Crippen LogP contribution in [-0.2, 0) is 9.53 Å². The van der Waals surface area contributed by atoms with Crippen molar-refractivity contribution in [1.82, 2.24) is 9.80 Å². The number of halogens is 2. The van der Waals surface area contributed by atoms with E-state index in [0.29, 0.717) is 23.6 Å². The maximum Gasteiger partial charge on any atom is 0.229 e. The Morgan fingerprint density at radius 3 is 2.56 bits per heavy atom. The number of nitrogens with zero attached hydrogens (tertiary/aromatic N) is 2. The molecule has 6 heteroatoms. The number of carbonyl (C=O) groups excluding carboxylic acids is 1. The number of carbonyl (C=O) groups is 1. The molecular weight excluding hydrogens is 491 g/mol. The van der Waals surface area contributed by atoms with Crippen LogP contribution in [0.2, 0.25) is 10.0 Å². The van der Waals surface area contributed by atoms with Gasteiger partial charge in [0.05, 0.1) is 24.2 Å². The van der Waals surface area contributed by atoms with Crippen molar-refractivity contribution in [3.63, 3.8) is 0 Å². The summed E-state index contributed by atoms with van der Waals surface area (Å²) in [5.41, 5.74) is 1.75. The third-order valence-electron chi connectivity index (χ3n) is 8.51. The van der Waals surface area contributed by atoms with Gasteiger partial charge in [0, 0.05) is 41.1 Å². The first-order valence-electron chi connectivity index (χ1n) is 13.1. The molecule has 3 aliphatic rings. The molecule has 36 heavy (non-hydrogen) atoms. The quantitative estimate of drug-likeness (QED) is 0.351. The summed E-state index contributed by atoms with van der Waals surface area (Å²) in [7, 11) is 0. The lowest BCUT2D eigenvalue weighted by atomic mass is 9.67. The van der Waals surface area contributed by atoms with E-state index in [4.69, 9.17) is 27.9 Å². The molecule has 3 fully saturated rings. The minimum atomic E-state index is -0.530. The van der Waals surface area contributed by atoms with Crippen molar-refractivity contribution >= 4 is 29.1 Å².